The van der Waals surface area contributed by atoms with Crippen LogP contribution in [0.15, 0.2) is 11.0 Å². The van der Waals surface area contributed by atoms with Gasteiger partial charge in [0.1, 0.15) is 6.61 Å². The van der Waals surface area contributed by atoms with E-state index in [0.29, 0.717) is 23.8 Å². The Hall–Kier alpha value is -2.42. The van der Waals surface area contributed by atoms with Crippen LogP contribution in [-0.4, -0.2) is 45.5 Å². The number of aliphatic hydroxyl groups excluding tert-OH is 1. The summed E-state index contributed by atoms with van der Waals surface area (Å²) in [4.78, 5) is 49.7. The first kappa shape index (κ1) is 22.6. The minimum atomic E-state index is -0.928. The molecule has 1 aromatic heterocycles. The van der Waals surface area contributed by atoms with Gasteiger partial charge in [0.2, 0.25) is 5.91 Å². The van der Waals surface area contributed by atoms with Crippen molar-refractivity contribution in [3.8, 4) is 0 Å². The lowest BCUT2D eigenvalue weighted by Crippen LogP contribution is -2.31. The van der Waals surface area contributed by atoms with Crippen LogP contribution in [0.5, 0.6) is 0 Å². The Morgan fingerprint density at radius 2 is 1.78 bits per heavy atom. The molecule has 27 heavy (non-hydrogen) atoms. The summed E-state index contributed by atoms with van der Waals surface area (Å²) in [5, 5.41) is 8.60. The van der Waals surface area contributed by atoms with E-state index < -0.39 is 36.4 Å². The first-order valence-electron chi connectivity index (χ1n) is 8.98. The fourth-order valence-electron chi connectivity index (χ4n) is 2.45. The summed E-state index contributed by atoms with van der Waals surface area (Å²) in [7, 11) is 0. The number of halogens is 1. The van der Waals surface area contributed by atoms with Crippen molar-refractivity contribution in [3.05, 3.63) is 28.2 Å². The first-order chi connectivity index (χ1) is 12.9. The molecule has 0 spiro atoms. The monoisotopic (exact) mass is 384 g/mol. The normalized spacial score (nSPS) is 10.6. The van der Waals surface area contributed by atoms with Gasteiger partial charge in [-0.25, -0.2) is 13.8 Å². The Labute approximate surface area is 156 Å². The van der Waals surface area contributed by atoms with E-state index in [1.54, 1.807) is 6.92 Å². The minimum Gasteiger partial charge on any atom is -0.466 e. The maximum atomic E-state index is 14.0. The SMILES string of the molecule is CCOC(=O)Cc1nc(=O)n(C(=O)CCCCCCCC(=O)CO)cc1F. The van der Waals surface area contributed by atoms with Crippen molar-refractivity contribution in [2.45, 2.75) is 58.3 Å². The molecule has 0 aliphatic heterocycles. The van der Waals surface area contributed by atoms with E-state index in [2.05, 4.69) is 9.72 Å². The van der Waals surface area contributed by atoms with Crippen molar-refractivity contribution in [1.82, 2.24) is 9.55 Å². The third-order valence-electron chi connectivity index (χ3n) is 3.86. The second-order valence-corrected chi connectivity index (χ2v) is 6.03. The summed E-state index contributed by atoms with van der Waals surface area (Å²) < 4.78 is 19.3. The van der Waals surface area contributed by atoms with Gasteiger partial charge in [-0.2, -0.15) is 4.98 Å². The van der Waals surface area contributed by atoms with Crippen molar-refractivity contribution in [1.29, 1.82) is 0 Å². The average Bonchev–Trinajstić information content (AvgIpc) is 2.63. The zero-order valence-electron chi connectivity index (χ0n) is 15.4. The van der Waals surface area contributed by atoms with E-state index in [1.165, 1.54) is 0 Å². The van der Waals surface area contributed by atoms with Crippen molar-refractivity contribution >= 4 is 17.7 Å². The summed E-state index contributed by atoms with van der Waals surface area (Å²) in [5.41, 5.74) is -1.27. The molecule has 0 saturated carbocycles. The molecular formula is C18H25FN2O6. The van der Waals surface area contributed by atoms with Crippen LogP contribution in [-0.2, 0) is 20.7 Å². The van der Waals surface area contributed by atoms with Crippen LogP contribution in [0.25, 0.3) is 0 Å². The van der Waals surface area contributed by atoms with Crippen LogP contribution in [0, 0.1) is 5.82 Å². The molecule has 9 heteroatoms. The van der Waals surface area contributed by atoms with E-state index in [1.807, 2.05) is 0 Å². The molecule has 0 amide bonds. The number of aromatic nitrogens is 2. The molecule has 150 valence electrons. The number of ether oxygens (including phenoxy) is 1. The van der Waals surface area contributed by atoms with Gasteiger partial charge in [0.15, 0.2) is 11.6 Å². The van der Waals surface area contributed by atoms with Crippen LogP contribution in [0.3, 0.4) is 0 Å². The number of esters is 1. The molecule has 1 heterocycles. The highest BCUT2D eigenvalue weighted by atomic mass is 19.1. The van der Waals surface area contributed by atoms with Crippen LogP contribution < -0.4 is 5.69 Å². The van der Waals surface area contributed by atoms with Gasteiger partial charge in [0.25, 0.3) is 0 Å². The lowest BCUT2D eigenvalue weighted by atomic mass is 10.1. The number of ketones is 1. The van der Waals surface area contributed by atoms with E-state index >= 15 is 0 Å². The number of aliphatic hydroxyl groups is 1. The molecule has 0 unspecified atom stereocenters. The maximum Gasteiger partial charge on any atom is 0.354 e. The zero-order valence-corrected chi connectivity index (χ0v) is 15.4. The van der Waals surface area contributed by atoms with Gasteiger partial charge in [-0.3, -0.25) is 14.4 Å². The van der Waals surface area contributed by atoms with Gasteiger partial charge in [-0.1, -0.05) is 19.3 Å². The molecule has 0 atom stereocenters. The summed E-state index contributed by atoms with van der Waals surface area (Å²) in [6.45, 7) is 1.30. The van der Waals surface area contributed by atoms with Crippen molar-refractivity contribution in [2.75, 3.05) is 13.2 Å². The molecule has 0 aliphatic carbocycles. The molecule has 0 radical (unpaired) electrons. The van der Waals surface area contributed by atoms with Crippen molar-refractivity contribution in [2.24, 2.45) is 0 Å². The largest absolute Gasteiger partial charge is 0.466 e. The van der Waals surface area contributed by atoms with Gasteiger partial charge in [0, 0.05) is 12.8 Å². The zero-order chi connectivity index (χ0) is 20.2. The van der Waals surface area contributed by atoms with E-state index in [4.69, 9.17) is 5.11 Å². The number of nitrogens with zero attached hydrogens (tertiary/aromatic N) is 2. The highest BCUT2D eigenvalue weighted by molar-refractivity contribution is 5.79. The van der Waals surface area contributed by atoms with E-state index in [9.17, 15) is 23.6 Å². The lowest BCUT2D eigenvalue weighted by Gasteiger charge is -2.07. The second-order valence-electron chi connectivity index (χ2n) is 6.03. The number of unbranched alkanes of at least 4 members (excludes halogenated alkanes) is 4. The molecule has 1 rings (SSSR count). The number of hydrogen-bond donors (Lipinski definition) is 1. The Morgan fingerprint density at radius 3 is 2.41 bits per heavy atom. The lowest BCUT2D eigenvalue weighted by molar-refractivity contribution is -0.142. The van der Waals surface area contributed by atoms with Crippen molar-refractivity contribution < 1.29 is 28.6 Å². The summed E-state index contributed by atoms with van der Waals surface area (Å²) in [6, 6.07) is 0. The van der Waals surface area contributed by atoms with Gasteiger partial charge in [0.05, 0.1) is 24.9 Å². The second kappa shape index (κ2) is 12.1. The number of Topliss-reactive ketones (excluding diaryl/α,β-unsaturated/α-hetero) is 1. The van der Waals surface area contributed by atoms with Crippen LogP contribution >= 0.6 is 0 Å². The third-order valence-corrected chi connectivity index (χ3v) is 3.86. The summed E-state index contributed by atoms with van der Waals surface area (Å²) in [5.74, 6) is -2.37. The fourth-order valence-corrected chi connectivity index (χ4v) is 2.45. The number of hydrogen-bond acceptors (Lipinski definition) is 7. The Kier molecular flexibility index (Phi) is 10.1. The number of carbonyl (C=O) groups excluding carboxylic acids is 3. The third kappa shape index (κ3) is 8.21. The topological polar surface area (TPSA) is 116 Å². The molecule has 0 saturated heterocycles. The highest BCUT2D eigenvalue weighted by Crippen LogP contribution is 2.09. The molecule has 0 bridgehead atoms. The van der Waals surface area contributed by atoms with Crippen LogP contribution in [0.2, 0.25) is 0 Å². The predicted molar refractivity (Wildman–Crippen MR) is 93.8 cm³/mol. The smallest absolute Gasteiger partial charge is 0.354 e. The predicted octanol–water partition coefficient (Wildman–Crippen LogP) is 1.42. The molecule has 0 aliphatic rings. The van der Waals surface area contributed by atoms with Gasteiger partial charge in [-0.15, -0.1) is 0 Å². The molecule has 0 aromatic carbocycles. The molecule has 8 nitrogen and oxygen atoms in total. The molecule has 1 aromatic rings. The fraction of sp³-hybridized carbons (Fsp3) is 0.611. The van der Waals surface area contributed by atoms with Gasteiger partial charge >= 0.3 is 11.7 Å². The Bertz CT molecular complexity index is 716. The molecule has 0 fully saturated rings. The minimum absolute atomic E-state index is 0.0633. The Morgan fingerprint density at radius 1 is 1.15 bits per heavy atom. The summed E-state index contributed by atoms with van der Waals surface area (Å²) in [6.07, 6.45) is 4.24. The van der Waals surface area contributed by atoms with Gasteiger partial charge in [-0.05, 0) is 19.8 Å². The van der Waals surface area contributed by atoms with E-state index in [-0.39, 0.29) is 24.5 Å². The van der Waals surface area contributed by atoms with E-state index in [0.717, 1.165) is 25.5 Å². The number of rotatable bonds is 12. The highest BCUT2D eigenvalue weighted by Gasteiger charge is 2.16. The first-order valence-corrected chi connectivity index (χ1v) is 8.98. The van der Waals surface area contributed by atoms with Crippen LogP contribution in [0.1, 0.15) is 62.4 Å². The summed E-state index contributed by atoms with van der Waals surface area (Å²) >= 11 is 0. The quantitative estimate of drug-likeness (QED) is 0.428. The van der Waals surface area contributed by atoms with Crippen LogP contribution in [0.4, 0.5) is 4.39 Å². The van der Waals surface area contributed by atoms with Gasteiger partial charge < -0.3 is 9.84 Å². The average molecular weight is 384 g/mol. The Balaban J connectivity index is 2.46. The molecular weight excluding hydrogens is 359 g/mol. The molecule has 1 N–H and O–H groups in total. The van der Waals surface area contributed by atoms with Crippen molar-refractivity contribution in [3.63, 3.8) is 0 Å². The number of carbonyl (C=O) groups is 3. The standard InChI is InChI=1S/C18H25FN2O6/c1-2-27-17(25)10-15-14(19)11-21(18(26)20-15)16(24)9-7-5-3-4-6-8-13(23)12-22/h11,22H,2-10,12H2,1H3. The maximum absolute atomic E-state index is 14.0.